The van der Waals surface area contributed by atoms with E-state index in [1.807, 2.05) is 0 Å². The summed E-state index contributed by atoms with van der Waals surface area (Å²) < 4.78 is 1.11. The molecular formula is C27H50N+. The van der Waals surface area contributed by atoms with Gasteiger partial charge in [0.25, 0.3) is 0 Å². The minimum Gasteiger partial charge on any atom is -0.325 e. The van der Waals surface area contributed by atoms with Gasteiger partial charge >= 0.3 is 0 Å². The first-order chi connectivity index (χ1) is 13.6. The van der Waals surface area contributed by atoms with E-state index in [4.69, 9.17) is 0 Å². The molecule has 28 heavy (non-hydrogen) atoms. The number of unbranched alkanes of at least 4 members (excludes halogenated alkanes) is 13. The summed E-state index contributed by atoms with van der Waals surface area (Å²) in [4.78, 5) is 0. The van der Waals surface area contributed by atoms with Crippen molar-refractivity contribution in [2.24, 2.45) is 0 Å². The zero-order chi connectivity index (χ0) is 20.9. The average molecular weight is 389 g/mol. The fourth-order valence-electron chi connectivity index (χ4n) is 3.89. The molecule has 0 aliphatic rings. The fourth-order valence-corrected chi connectivity index (χ4v) is 3.89. The van der Waals surface area contributed by atoms with E-state index in [2.05, 4.69) is 64.5 Å². The number of benzene rings is 1. The molecular weight excluding hydrogens is 338 g/mol. The van der Waals surface area contributed by atoms with Crippen molar-refractivity contribution >= 4 is 0 Å². The average Bonchev–Trinajstić information content (AvgIpc) is 2.70. The Hall–Kier alpha value is -1.08. The molecule has 0 fully saturated rings. The molecule has 1 aromatic rings. The van der Waals surface area contributed by atoms with Gasteiger partial charge in [-0.25, -0.2) is 0 Å². The zero-order valence-corrected chi connectivity index (χ0v) is 19.6. The van der Waals surface area contributed by atoms with E-state index in [-0.39, 0.29) is 0 Å². The minimum atomic E-state index is 1.11. The van der Waals surface area contributed by atoms with Crippen LogP contribution in [-0.4, -0.2) is 25.1 Å². The van der Waals surface area contributed by atoms with Crippen LogP contribution in [0.3, 0.4) is 0 Å². The lowest BCUT2D eigenvalue weighted by atomic mass is 10.0. The molecule has 0 bridgehead atoms. The van der Waals surface area contributed by atoms with Crippen molar-refractivity contribution in [1.82, 2.24) is 0 Å². The normalized spacial score (nSPS) is 11.1. The lowest BCUT2D eigenvalue weighted by molar-refractivity contribution is -0.903. The number of hydrogen-bond acceptors (Lipinski definition) is 0. The molecule has 0 saturated carbocycles. The summed E-state index contributed by atoms with van der Waals surface area (Å²) in [6.45, 7) is 10.7. The monoisotopic (exact) mass is 388 g/mol. The SMILES string of the molecule is C=C.CCCCCCCCCCCCCCCC[N+](C)(C)Cc1ccccc1. The molecule has 162 valence electrons. The predicted molar refractivity (Wildman–Crippen MR) is 129 cm³/mol. The molecule has 0 aliphatic heterocycles. The van der Waals surface area contributed by atoms with Crippen LogP contribution in [0.1, 0.15) is 102 Å². The van der Waals surface area contributed by atoms with E-state index in [9.17, 15) is 0 Å². The Morgan fingerprint density at radius 3 is 1.43 bits per heavy atom. The smallest absolute Gasteiger partial charge is 0.104 e. The van der Waals surface area contributed by atoms with Crippen LogP contribution in [-0.2, 0) is 6.54 Å². The molecule has 0 heterocycles. The lowest BCUT2D eigenvalue weighted by Crippen LogP contribution is -2.39. The molecule has 0 atom stereocenters. The van der Waals surface area contributed by atoms with Crippen molar-refractivity contribution in [2.45, 2.75) is 103 Å². The molecule has 1 aromatic carbocycles. The highest BCUT2D eigenvalue weighted by molar-refractivity contribution is 5.13. The second-order valence-electron chi connectivity index (χ2n) is 8.90. The molecule has 0 aliphatic carbocycles. The van der Waals surface area contributed by atoms with Gasteiger partial charge in [0, 0.05) is 5.56 Å². The van der Waals surface area contributed by atoms with Crippen LogP contribution in [0.15, 0.2) is 43.5 Å². The van der Waals surface area contributed by atoms with E-state index in [0.29, 0.717) is 0 Å². The number of rotatable bonds is 17. The van der Waals surface area contributed by atoms with E-state index in [0.717, 1.165) is 11.0 Å². The van der Waals surface area contributed by atoms with Crippen molar-refractivity contribution in [3.63, 3.8) is 0 Å². The van der Waals surface area contributed by atoms with Crippen molar-refractivity contribution < 1.29 is 4.48 Å². The van der Waals surface area contributed by atoms with Crippen molar-refractivity contribution in [1.29, 1.82) is 0 Å². The van der Waals surface area contributed by atoms with E-state index in [1.165, 1.54) is 102 Å². The summed E-state index contributed by atoms with van der Waals surface area (Å²) in [7, 11) is 4.74. The van der Waals surface area contributed by atoms with Crippen LogP contribution < -0.4 is 0 Å². The largest absolute Gasteiger partial charge is 0.325 e. The van der Waals surface area contributed by atoms with Gasteiger partial charge in [0.2, 0.25) is 0 Å². The standard InChI is InChI=1S/C25H46N.C2H4/c1-4-5-6-7-8-9-10-11-12-13-14-15-16-20-23-26(2,3)24-25-21-18-17-19-22-25;1-2/h17-19,21-22H,4-16,20,23-24H2,1-3H3;1-2H2/q+1;. The van der Waals surface area contributed by atoms with Crippen LogP contribution in [0, 0.1) is 0 Å². The second kappa shape index (κ2) is 19.2. The van der Waals surface area contributed by atoms with Gasteiger partial charge in [-0.1, -0.05) is 114 Å². The van der Waals surface area contributed by atoms with Crippen molar-refractivity contribution in [2.75, 3.05) is 20.6 Å². The highest BCUT2D eigenvalue weighted by atomic mass is 15.3. The third kappa shape index (κ3) is 17.0. The molecule has 0 spiro atoms. The highest BCUT2D eigenvalue weighted by Gasteiger charge is 2.14. The van der Waals surface area contributed by atoms with Gasteiger partial charge in [-0.05, 0) is 12.8 Å². The van der Waals surface area contributed by atoms with Crippen LogP contribution in [0.2, 0.25) is 0 Å². The van der Waals surface area contributed by atoms with E-state index in [1.54, 1.807) is 0 Å². The maximum Gasteiger partial charge on any atom is 0.104 e. The summed E-state index contributed by atoms with van der Waals surface area (Å²) in [6.07, 6.45) is 20.2. The topological polar surface area (TPSA) is 0 Å². The first-order valence-electron chi connectivity index (χ1n) is 12.0. The maximum atomic E-state index is 3.00. The summed E-state index contributed by atoms with van der Waals surface area (Å²) in [6, 6.07) is 10.9. The maximum absolute atomic E-state index is 3.00. The zero-order valence-electron chi connectivity index (χ0n) is 19.6. The van der Waals surface area contributed by atoms with Gasteiger partial charge in [-0.2, -0.15) is 0 Å². The van der Waals surface area contributed by atoms with Gasteiger partial charge in [-0.3, -0.25) is 0 Å². The number of nitrogens with zero attached hydrogens (tertiary/aromatic N) is 1. The van der Waals surface area contributed by atoms with Gasteiger partial charge in [0.1, 0.15) is 6.54 Å². The van der Waals surface area contributed by atoms with Crippen LogP contribution >= 0.6 is 0 Å². The third-order valence-electron chi connectivity index (χ3n) is 5.57. The summed E-state index contributed by atoms with van der Waals surface area (Å²) >= 11 is 0. The summed E-state index contributed by atoms with van der Waals surface area (Å²) in [5.74, 6) is 0. The Morgan fingerprint density at radius 2 is 1.00 bits per heavy atom. The Kier molecular flexibility index (Phi) is 18.5. The quantitative estimate of drug-likeness (QED) is 0.142. The molecule has 0 radical (unpaired) electrons. The van der Waals surface area contributed by atoms with Gasteiger partial charge < -0.3 is 4.48 Å². The van der Waals surface area contributed by atoms with E-state index < -0.39 is 0 Å². The second-order valence-corrected chi connectivity index (χ2v) is 8.90. The minimum absolute atomic E-state index is 1.11. The summed E-state index contributed by atoms with van der Waals surface area (Å²) in [5, 5.41) is 0. The first-order valence-corrected chi connectivity index (χ1v) is 12.0. The number of hydrogen-bond donors (Lipinski definition) is 0. The molecule has 0 N–H and O–H groups in total. The Bertz CT molecular complexity index is 423. The number of quaternary nitrogens is 1. The Balaban J connectivity index is 0.00000352. The van der Waals surface area contributed by atoms with Crippen LogP contribution in [0.25, 0.3) is 0 Å². The molecule has 0 unspecified atom stereocenters. The van der Waals surface area contributed by atoms with Gasteiger partial charge in [0.15, 0.2) is 0 Å². The van der Waals surface area contributed by atoms with Crippen LogP contribution in [0.4, 0.5) is 0 Å². The van der Waals surface area contributed by atoms with Gasteiger partial charge in [-0.15, -0.1) is 13.2 Å². The Labute approximate surface area is 177 Å². The van der Waals surface area contributed by atoms with Gasteiger partial charge in [0.05, 0.1) is 20.6 Å². The molecule has 1 rings (SSSR count). The fraction of sp³-hybridized carbons (Fsp3) is 0.704. The Morgan fingerprint density at radius 1 is 0.607 bits per heavy atom. The molecule has 0 amide bonds. The molecule has 1 nitrogen and oxygen atoms in total. The lowest BCUT2D eigenvalue weighted by Gasteiger charge is -2.30. The third-order valence-corrected chi connectivity index (χ3v) is 5.57. The van der Waals surface area contributed by atoms with Crippen molar-refractivity contribution in [3.8, 4) is 0 Å². The van der Waals surface area contributed by atoms with E-state index >= 15 is 0 Å². The van der Waals surface area contributed by atoms with Crippen LogP contribution in [0.5, 0.6) is 0 Å². The predicted octanol–water partition coefficient (Wildman–Crippen LogP) is 8.55. The van der Waals surface area contributed by atoms with Crippen molar-refractivity contribution in [3.05, 3.63) is 49.1 Å². The highest BCUT2D eigenvalue weighted by Crippen LogP contribution is 2.14. The summed E-state index contributed by atoms with van der Waals surface area (Å²) in [5.41, 5.74) is 1.46. The molecule has 0 saturated heterocycles. The first kappa shape index (κ1) is 26.9. The molecule has 1 heteroatoms. The molecule has 0 aromatic heterocycles.